The van der Waals surface area contributed by atoms with Gasteiger partial charge in [0.15, 0.2) is 0 Å². The molecule has 0 aromatic heterocycles. The lowest BCUT2D eigenvalue weighted by molar-refractivity contribution is -0.131. The zero-order chi connectivity index (χ0) is 14.2. The fraction of sp³-hybridized carbons (Fsp3) is 0.636. The number of carbonyl (C=O) groups is 2. The highest BCUT2D eigenvalue weighted by molar-refractivity contribution is 7.88. The van der Waals surface area contributed by atoms with Gasteiger partial charge in [-0.2, -0.15) is 8.42 Å². The molecule has 1 aliphatic carbocycles. The second-order valence-electron chi connectivity index (χ2n) is 4.45. The molecule has 2 amide bonds. The van der Waals surface area contributed by atoms with Crippen LogP contribution in [0.25, 0.3) is 0 Å². The van der Waals surface area contributed by atoms with Crippen LogP contribution in [0.3, 0.4) is 0 Å². The highest BCUT2D eigenvalue weighted by atomic mass is 32.2. The molecule has 8 heteroatoms. The molecule has 0 bridgehead atoms. The van der Waals surface area contributed by atoms with Gasteiger partial charge >= 0.3 is 10.2 Å². The average Bonchev–Trinajstić information content (AvgIpc) is 3.13. The molecule has 1 heterocycles. The van der Waals surface area contributed by atoms with E-state index in [9.17, 15) is 18.0 Å². The van der Waals surface area contributed by atoms with Gasteiger partial charge in [-0.15, -0.1) is 0 Å². The van der Waals surface area contributed by atoms with Crippen LogP contribution in [0.15, 0.2) is 11.8 Å². The largest absolute Gasteiger partial charge is 0.387 e. The summed E-state index contributed by atoms with van der Waals surface area (Å²) in [6.45, 7) is 3.13. The standard InChI is InChI=1S/C11H17N3O4S/c1-3-13-10(15)9(7-12-8-5-6-8)11(16)14(4-2)19(13,17)18/h7-8,12H,3-6H2,1-2H3. The van der Waals surface area contributed by atoms with Crippen molar-refractivity contribution in [3.63, 3.8) is 0 Å². The van der Waals surface area contributed by atoms with Gasteiger partial charge in [0.1, 0.15) is 5.57 Å². The zero-order valence-electron chi connectivity index (χ0n) is 10.9. The number of rotatable bonds is 4. The van der Waals surface area contributed by atoms with Crippen molar-refractivity contribution in [3.8, 4) is 0 Å². The minimum absolute atomic E-state index is 0.00567. The Morgan fingerprint density at radius 1 is 1.16 bits per heavy atom. The van der Waals surface area contributed by atoms with Gasteiger partial charge in [-0.1, -0.05) is 0 Å². The van der Waals surface area contributed by atoms with Crippen molar-refractivity contribution in [3.05, 3.63) is 11.8 Å². The summed E-state index contributed by atoms with van der Waals surface area (Å²) in [4.78, 5) is 24.1. The van der Waals surface area contributed by atoms with E-state index in [0.717, 1.165) is 21.5 Å². The second-order valence-corrected chi connectivity index (χ2v) is 6.22. The molecular weight excluding hydrogens is 270 g/mol. The van der Waals surface area contributed by atoms with E-state index in [-0.39, 0.29) is 24.7 Å². The van der Waals surface area contributed by atoms with Gasteiger partial charge in [-0.05, 0) is 26.7 Å². The SMILES string of the molecule is CCN1C(=O)C(=CNC2CC2)C(=O)N(CC)S1(=O)=O. The fourth-order valence-electron chi connectivity index (χ4n) is 1.88. The Kier molecular flexibility index (Phi) is 3.53. The molecule has 7 nitrogen and oxygen atoms in total. The molecule has 0 aromatic rings. The van der Waals surface area contributed by atoms with Crippen LogP contribution in [0.1, 0.15) is 26.7 Å². The monoisotopic (exact) mass is 287 g/mol. The Morgan fingerprint density at radius 2 is 1.63 bits per heavy atom. The maximum absolute atomic E-state index is 12.1. The van der Waals surface area contributed by atoms with Crippen molar-refractivity contribution in [2.45, 2.75) is 32.7 Å². The maximum Gasteiger partial charge on any atom is 0.331 e. The van der Waals surface area contributed by atoms with Crippen LogP contribution in [0.5, 0.6) is 0 Å². The first-order valence-corrected chi connectivity index (χ1v) is 7.68. The van der Waals surface area contributed by atoms with Crippen molar-refractivity contribution < 1.29 is 18.0 Å². The van der Waals surface area contributed by atoms with Gasteiger partial charge < -0.3 is 5.32 Å². The van der Waals surface area contributed by atoms with Crippen molar-refractivity contribution >= 4 is 22.0 Å². The summed E-state index contributed by atoms with van der Waals surface area (Å²) in [5.74, 6) is -1.52. The normalized spacial score (nSPS) is 22.7. The molecule has 2 fully saturated rings. The minimum Gasteiger partial charge on any atom is -0.387 e. The van der Waals surface area contributed by atoms with Crippen molar-refractivity contribution in [2.24, 2.45) is 0 Å². The van der Waals surface area contributed by atoms with E-state index in [1.165, 1.54) is 6.20 Å². The van der Waals surface area contributed by atoms with E-state index >= 15 is 0 Å². The lowest BCUT2D eigenvalue weighted by Gasteiger charge is -2.34. The molecule has 0 spiro atoms. The molecule has 0 unspecified atom stereocenters. The van der Waals surface area contributed by atoms with Crippen LogP contribution >= 0.6 is 0 Å². The summed E-state index contributed by atoms with van der Waals surface area (Å²) in [7, 11) is -4.02. The first-order chi connectivity index (χ1) is 8.93. The molecular formula is C11H17N3O4S. The Morgan fingerprint density at radius 3 is 2.00 bits per heavy atom. The van der Waals surface area contributed by atoms with Crippen LogP contribution < -0.4 is 5.32 Å². The Balaban J connectivity index is 2.37. The lowest BCUT2D eigenvalue weighted by Crippen LogP contribution is -2.56. The van der Waals surface area contributed by atoms with Gasteiger partial charge in [0.2, 0.25) is 0 Å². The Labute approximate surface area is 112 Å². The van der Waals surface area contributed by atoms with Crippen LogP contribution in [0.4, 0.5) is 0 Å². The minimum atomic E-state index is -4.02. The van der Waals surface area contributed by atoms with E-state index < -0.39 is 22.0 Å². The molecule has 1 saturated heterocycles. The average molecular weight is 287 g/mol. The molecule has 0 atom stereocenters. The highest BCUT2D eigenvalue weighted by Gasteiger charge is 2.45. The molecule has 2 rings (SSSR count). The summed E-state index contributed by atoms with van der Waals surface area (Å²) >= 11 is 0. The van der Waals surface area contributed by atoms with Crippen LogP contribution in [0.2, 0.25) is 0 Å². The highest BCUT2D eigenvalue weighted by Crippen LogP contribution is 2.23. The molecule has 19 heavy (non-hydrogen) atoms. The number of nitrogens with one attached hydrogen (secondary N) is 1. The predicted octanol–water partition coefficient (Wildman–Crippen LogP) is -0.422. The number of nitrogens with zero attached hydrogens (tertiary/aromatic N) is 2. The Hall–Kier alpha value is -1.57. The summed E-state index contributed by atoms with van der Waals surface area (Å²) < 4.78 is 25.6. The lowest BCUT2D eigenvalue weighted by atomic mass is 10.2. The van der Waals surface area contributed by atoms with Crippen molar-refractivity contribution in [1.29, 1.82) is 0 Å². The molecule has 0 radical (unpaired) electrons. The maximum atomic E-state index is 12.1. The number of hydrogen-bond donors (Lipinski definition) is 1. The third-order valence-electron chi connectivity index (χ3n) is 3.09. The van der Waals surface area contributed by atoms with Crippen molar-refractivity contribution in [1.82, 2.24) is 13.9 Å². The quantitative estimate of drug-likeness (QED) is 0.560. The third-order valence-corrected chi connectivity index (χ3v) is 5.05. The molecule has 1 N–H and O–H groups in total. The van der Waals surface area contributed by atoms with E-state index in [1.54, 1.807) is 13.8 Å². The number of hydrogen-bond acceptors (Lipinski definition) is 5. The predicted molar refractivity (Wildman–Crippen MR) is 67.9 cm³/mol. The molecule has 106 valence electrons. The zero-order valence-corrected chi connectivity index (χ0v) is 11.7. The van der Waals surface area contributed by atoms with Gasteiger partial charge in [0, 0.05) is 25.3 Å². The van der Waals surface area contributed by atoms with Crippen LogP contribution in [0, 0.1) is 0 Å². The fourth-order valence-corrected chi connectivity index (χ4v) is 3.38. The van der Waals surface area contributed by atoms with Gasteiger partial charge in [0.05, 0.1) is 0 Å². The summed E-state index contributed by atoms with van der Waals surface area (Å²) in [6.07, 6.45) is 3.35. The molecule has 1 saturated carbocycles. The summed E-state index contributed by atoms with van der Waals surface area (Å²) in [6, 6.07) is 0.289. The molecule has 2 aliphatic rings. The van der Waals surface area contributed by atoms with E-state index in [1.807, 2.05) is 0 Å². The van der Waals surface area contributed by atoms with E-state index in [2.05, 4.69) is 5.32 Å². The summed E-state index contributed by atoms with van der Waals surface area (Å²) in [5, 5.41) is 2.95. The second kappa shape index (κ2) is 4.84. The topological polar surface area (TPSA) is 86.8 Å². The van der Waals surface area contributed by atoms with E-state index in [0.29, 0.717) is 0 Å². The third kappa shape index (κ3) is 2.32. The van der Waals surface area contributed by atoms with Gasteiger partial charge in [-0.25, -0.2) is 8.61 Å². The van der Waals surface area contributed by atoms with Crippen LogP contribution in [-0.4, -0.2) is 48.0 Å². The van der Waals surface area contributed by atoms with Crippen molar-refractivity contribution in [2.75, 3.05) is 13.1 Å². The summed E-state index contributed by atoms with van der Waals surface area (Å²) in [5.41, 5.74) is -0.120. The molecule has 1 aliphatic heterocycles. The van der Waals surface area contributed by atoms with E-state index in [4.69, 9.17) is 0 Å². The molecule has 0 aromatic carbocycles. The number of likely N-dealkylation sites (N-methyl/N-ethyl adjacent to an activating group) is 2. The van der Waals surface area contributed by atoms with Gasteiger partial charge in [0.25, 0.3) is 11.8 Å². The first-order valence-electron chi connectivity index (χ1n) is 6.28. The number of amides is 2. The smallest absolute Gasteiger partial charge is 0.331 e. The van der Waals surface area contributed by atoms with Crippen LogP contribution in [-0.2, 0) is 19.8 Å². The van der Waals surface area contributed by atoms with Gasteiger partial charge in [-0.3, -0.25) is 9.59 Å². The first kappa shape index (κ1) is 13.9. The number of carbonyl (C=O) groups excluding carboxylic acids is 2. The Bertz CT molecular complexity index is 504.